The average molecular weight is 537 g/mol. The summed E-state index contributed by atoms with van der Waals surface area (Å²) in [7, 11) is 0. The minimum atomic E-state index is -1.03. The zero-order valence-corrected chi connectivity index (χ0v) is 23.0. The van der Waals surface area contributed by atoms with Crippen LogP contribution in [0, 0.1) is 6.92 Å². The second-order valence-electron chi connectivity index (χ2n) is 12.5. The number of carboxylic acid groups (broad SMARTS) is 1. The molecule has 2 aromatic carbocycles. The molecule has 4 aromatic rings. The van der Waals surface area contributed by atoms with E-state index >= 15 is 0 Å². The van der Waals surface area contributed by atoms with Gasteiger partial charge in [-0.3, -0.25) is 0 Å². The van der Waals surface area contributed by atoms with Gasteiger partial charge < -0.3 is 24.1 Å². The zero-order valence-electron chi connectivity index (χ0n) is 23.0. The van der Waals surface area contributed by atoms with Crippen molar-refractivity contribution >= 4 is 22.6 Å². The van der Waals surface area contributed by atoms with Crippen LogP contribution >= 0.6 is 0 Å². The summed E-state index contributed by atoms with van der Waals surface area (Å²) < 4.78 is 12.4. The largest absolute Gasteiger partial charge is 0.475 e. The Bertz CT molecular complexity index is 1590. The van der Waals surface area contributed by atoms with Gasteiger partial charge in [-0.15, -0.1) is 0 Å². The molecule has 2 unspecified atom stereocenters. The van der Waals surface area contributed by atoms with Crippen molar-refractivity contribution in [3.05, 3.63) is 76.8 Å². The van der Waals surface area contributed by atoms with E-state index in [4.69, 9.17) is 9.15 Å². The number of piperidine rings is 1. The summed E-state index contributed by atoms with van der Waals surface area (Å²) in [6.45, 7) is 2.76. The van der Waals surface area contributed by atoms with E-state index in [2.05, 4.69) is 53.3 Å². The molecule has 0 radical (unpaired) electrons. The lowest BCUT2D eigenvalue weighted by Crippen LogP contribution is -2.45. The number of anilines is 1. The first-order valence-electron chi connectivity index (χ1n) is 15.0. The molecule has 4 aliphatic rings. The number of aryl methyl sites for hydroxylation is 1. The number of aromatic amines is 1. The van der Waals surface area contributed by atoms with Crippen molar-refractivity contribution in [2.75, 3.05) is 4.90 Å². The molecule has 0 amide bonds. The van der Waals surface area contributed by atoms with E-state index < -0.39 is 5.97 Å². The molecule has 40 heavy (non-hydrogen) atoms. The van der Waals surface area contributed by atoms with Gasteiger partial charge >= 0.3 is 5.97 Å². The molecule has 2 saturated carbocycles. The molecule has 2 aromatic heterocycles. The quantitative estimate of drug-likeness (QED) is 0.239. The fourth-order valence-corrected chi connectivity index (χ4v) is 7.58. The highest BCUT2D eigenvalue weighted by atomic mass is 16.5. The fraction of sp³-hybridized carbons (Fsp3) is 0.441. The van der Waals surface area contributed by atoms with Gasteiger partial charge in [0.15, 0.2) is 0 Å². The summed E-state index contributed by atoms with van der Waals surface area (Å²) >= 11 is 0. The van der Waals surface area contributed by atoms with Crippen molar-refractivity contribution in [2.24, 2.45) is 0 Å². The molecule has 4 fully saturated rings. The Balaban J connectivity index is 1.03. The minimum absolute atomic E-state index is 0.000206. The second kappa shape index (κ2) is 9.27. The molecular weight excluding hydrogens is 500 g/mol. The Hall–Kier alpha value is -3.51. The number of H-pyrrole nitrogens is 1. The minimum Gasteiger partial charge on any atom is -0.475 e. The lowest BCUT2D eigenvalue weighted by Gasteiger charge is -2.41. The summed E-state index contributed by atoms with van der Waals surface area (Å²) in [5.41, 5.74) is 9.94. The molecule has 6 nitrogen and oxygen atoms in total. The number of benzene rings is 2. The molecule has 2 atom stereocenters. The number of carbonyl (C=O) groups is 1. The first-order chi connectivity index (χ1) is 19.5. The van der Waals surface area contributed by atoms with E-state index in [1.54, 1.807) is 6.07 Å². The van der Waals surface area contributed by atoms with Crippen molar-refractivity contribution < 1.29 is 19.1 Å². The molecule has 8 rings (SSSR count). The van der Waals surface area contributed by atoms with E-state index in [1.807, 2.05) is 6.07 Å². The van der Waals surface area contributed by atoms with Gasteiger partial charge in [-0.05, 0) is 105 Å². The number of furan rings is 1. The Kier molecular flexibility index (Phi) is 5.63. The van der Waals surface area contributed by atoms with Crippen molar-refractivity contribution in [2.45, 2.75) is 94.9 Å². The van der Waals surface area contributed by atoms with E-state index in [9.17, 15) is 9.90 Å². The maximum absolute atomic E-state index is 11.5. The topological polar surface area (TPSA) is 78.7 Å². The third-order valence-electron chi connectivity index (χ3n) is 9.86. The second-order valence-corrected chi connectivity index (χ2v) is 12.5. The van der Waals surface area contributed by atoms with Crippen LogP contribution in [0.1, 0.15) is 96.1 Å². The molecule has 2 aliphatic heterocycles. The lowest BCUT2D eigenvalue weighted by molar-refractivity contribution is 0.0150. The molecule has 6 heteroatoms. The van der Waals surface area contributed by atoms with Crippen LogP contribution in [0.25, 0.3) is 22.1 Å². The smallest absolute Gasteiger partial charge is 0.371 e. The van der Waals surface area contributed by atoms with Crippen LogP contribution < -0.4 is 4.90 Å². The SMILES string of the molecule is Cc1c(N2C3CCC2CC(OCc2c(-c4ccccc4C4CC4)c[nH]c2C2CC2)C3)ccc2oc(C(=O)O)cc12. The van der Waals surface area contributed by atoms with Crippen molar-refractivity contribution in [3.8, 4) is 11.1 Å². The predicted molar refractivity (Wildman–Crippen MR) is 155 cm³/mol. The van der Waals surface area contributed by atoms with E-state index in [-0.39, 0.29) is 11.9 Å². The third-order valence-corrected chi connectivity index (χ3v) is 9.86. The number of hydrogen-bond donors (Lipinski definition) is 2. The maximum Gasteiger partial charge on any atom is 0.371 e. The average Bonchev–Trinajstić information content (AvgIpc) is 3.88. The number of fused-ring (bicyclic) bond motifs is 3. The normalized spacial score (nSPS) is 24.2. The highest BCUT2D eigenvalue weighted by Gasteiger charge is 2.42. The summed E-state index contributed by atoms with van der Waals surface area (Å²) in [6, 6.07) is 15.6. The molecule has 4 heterocycles. The van der Waals surface area contributed by atoms with Gasteiger partial charge in [-0.25, -0.2) is 4.79 Å². The Morgan fingerprint density at radius 2 is 1.75 bits per heavy atom. The fourth-order valence-electron chi connectivity index (χ4n) is 7.58. The van der Waals surface area contributed by atoms with Crippen LogP contribution in [0.2, 0.25) is 0 Å². The molecule has 2 bridgehead atoms. The standard InChI is InChI=1S/C34H36N2O4/c1-19-27-16-32(34(37)38)40-31(27)13-12-30(19)36-22-10-11-23(36)15-24(14-22)39-18-29-28(17-35-33(29)21-8-9-21)26-5-3-2-4-25(26)20-6-7-20/h2-5,12-13,16-17,20-24,35H,6-11,14-15,18H2,1H3,(H,37,38). The number of ether oxygens (including phenoxy) is 1. The lowest BCUT2D eigenvalue weighted by atomic mass is 9.94. The summed E-state index contributed by atoms with van der Waals surface area (Å²) in [6.07, 6.45) is 12.0. The molecular formula is C34H36N2O4. The first-order valence-corrected chi connectivity index (χ1v) is 15.0. The van der Waals surface area contributed by atoms with Crippen LogP contribution in [0.5, 0.6) is 0 Å². The predicted octanol–water partition coefficient (Wildman–Crippen LogP) is 7.91. The third kappa shape index (κ3) is 4.07. The van der Waals surface area contributed by atoms with Crippen LogP contribution in [-0.2, 0) is 11.3 Å². The molecule has 2 N–H and O–H groups in total. The van der Waals surface area contributed by atoms with Crippen molar-refractivity contribution in [1.82, 2.24) is 4.98 Å². The van der Waals surface area contributed by atoms with Crippen LogP contribution in [0.3, 0.4) is 0 Å². The molecule has 2 aliphatic carbocycles. The number of rotatable bonds is 8. The van der Waals surface area contributed by atoms with Gasteiger partial charge in [0.25, 0.3) is 0 Å². The van der Waals surface area contributed by atoms with Crippen LogP contribution in [0.15, 0.2) is 53.1 Å². The van der Waals surface area contributed by atoms with Gasteiger partial charge in [-0.2, -0.15) is 0 Å². The van der Waals surface area contributed by atoms with Crippen molar-refractivity contribution in [1.29, 1.82) is 0 Å². The van der Waals surface area contributed by atoms with Gasteiger partial charge in [0.1, 0.15) is 5.58 Å². The van der Waals surface area contributed by atoms with Crippen LogP contribution in [0.4, 0.5) is 5.69 Å². The Morgan fingerprint density at radius 1 is 1.00 bits per heavy atom. The highest BCUT2D eigenvalue weighted by molar-refractivity contribution is 5.94. The number of carboxylic acids is 1. The first kappa shape index (κ1) is 24.3. The number of nitrogens with zero attached hydrogens (tertiary/aromatic N) is 1. The number of aromatic nitrogens is 1. The number of hydrogen-bond acceptors (Lipinski definition) is 4. The zero-order chi connectivity index (χ0) is 27.0. The van der Waals surface area contributed by atoms with Crippen molar-refractivity contribution in [3.63, 3.8) is 0 Å². The van der Waals surface area contributed by atoms with E-state index in [0.717, 1.165) is 23.8 Å². The number of aromatic carboxylic acids is 1. The Labute approximate surface area is 234 Å². The van der Waals surface area contributed by atoms with Crippen LogP contribution in [-0.4, -0.2) is 34.2 Å². The molecule has 2 saturated heterocycles. The van der Waals surface area contributed by atoms with Gasteiger partial charge in [0.2, 0.25) is 5.76 Å². The van der Waals surface area contributed by atoms with E-state index in [1.165, 1.54) is 72.2 Å². The molecule has 206 valence electrons. The highest BCUT2D eigenvalue weighted by Crippen LogP contribution is 2.49. The summed E-state index contributed by atoms with van der Waals surface area (Å²) in [5, 5.41) is 10.3. The molecule has 0 spiro atoms. The summed E-state index contributed by atoms with van der Waals surface area (Å²) in [4.78, 5) is 17.7. The Morgan fingerprint density at radius 3 is 2.48 bits per heavy atom. The van der Waals surface area contributed by atoms with Gasteiger partial charge in [0, 0.05) is 46.2 Å². The van der Waals surface area contributed by atoms with Gasteiger partial charge in [0.05, 0.1) is 12.7 Å². The number of nitrogens with one attached hydrogen (secondary N) is 1. The van der Waals surface area contributed by atoms with E-state index in [0.29, 0.717) is 36.1 Å². The maximum atomic E-state index is 11.5. The van der Waals surface area contributed by atoms with Gasteiger partial charge in [-0.1, -0.05) is 24.3 Å². The summed E-state index contributed by atoms with van der Waals surface area (Å²) in [5.74, 6) is 0.340. The monoisotopic (exact) mass is 536 g/mol.